The Morgan fingerprint density at radius 2 is 1.78 bits per heavy atom. The van der Waals surface area contributed by atoms with E-state index in [4.69, 9.17) is 0 Å². The van der Waals surface area contributed by atoms with Crippen molar-refractivity contribution < 1.29 is 5.11 Å². The van der Waals surface area contributed by atoms with Crippen LogP contribution in [-0.4, -0.2) is 53.1 Å². The summed E-state index contributed by atoms with van der Waals surface area (Å²) in [6.07, 6.45) is 4.14. The molecular formula is C26H31N5O. The number of fused-ring (bicyclic) bond motifs is 1. The van der Waals surface area contributed by atoms with E-state index in [9.17, 15) is 5.11 Å². The van der Waals surface area contributed by atoms with Crippen molar-refractivity contribution in [3.8, 4) is 5.75 Å². The van der Waals surface area contributed by atoms with Gasteiger partial charge in [0.2, 0.25) is 0 Å². The molecule has 1 fully saturated rings. The number of H-pyrrole nitrogens is 1. The van der Waals surface area contributed by atoms with Crippen LogP contribution in [0.4, 0.5) is 11.4 Å². The van der Waals surface area contributed by atoms with Gasteiger partial charge in [-0.2, -0.15) is 0 Å². The number of piperazine rings is 1. The van der Waals surface area contributed by atoms with Gasteiger partial charge in [-0.15, -0.1) is 0 Å². The smallest absolute Gasteiger partial charge is 0.120 e. The number of hydrogen-bond acceptors (Lipinski definition) is 5. The lowest BCUT2D eigenvalue weighted by Gasteiger charge is -2.32. The zero-order chi connectivity index (χ0) is 22.1. The van der Waals surface area contributed by atoms with Gasteiger partial charge in [-0.25, -0.2) is 0 Å². The number of hydrogen-bond donors (Lipinski definition) is 3. The van der Waals surface area contributed by atoms with Gasteiger partial charge < -0.3 is 25.2 Å². The number of aryl methyl sites for hydroxylation is 1. The van der Waals surface area contributed by atoms with E-state index in [-0.39, 0.29) is 0 Å². The lowest BCUT2D eigenvalue weighted by molar-refractivity contribution is 0.148. The van der Waals surface area contributed by atoms with E-state index in [1.165, 1.54) is 16.9 Å². The van der Waals surface area contributed by atoms with Gasteiger partial charge >= 0.3 is 0 Å². The molecular weight excluding hydrogens is 398 g/mol. The minimum Gasteiger partial charge on any atom is -0.508 e. The first kappa shape index (κ1) is 20.7. The number of benzene rings is 2. The maximum Gasteiger partial charge on any atom is 0.120 e. The van der Waals surface area contributed by atoms with Crippen molar-refractivity contribution in [3.05, 3.63) is 83.3 Å². The summed E-state index contributed by atoms with van der Waals surface area (Å²) in [7, 11) is 2.19. The van der Waals surface area contributed by atoms with Crippen LogP contribution in [0.5, 0.6) is 5.75 Å². The molecule has 0 amide bonds. The Balaban J connectivity index is 1.33. The highest BCUT2D eigenvalue weighted by Crippen LogP contribution is 2.32. The van der Waals surface area contributed by atoms with Crippen LogP contribution in [0.1, 0.15) is 22.4 Å². The van der Waals surface area contributed by atoms with Gasteiger partial charge in [0, 0.05) is 73.8 Å². The number of aromatic amines is 1. The molecule has 166 valence electrons. The molecule has 0 unspecified atom stereocenters. The molecule has 2 aliphatic heterocycles. The number of likely N-dealkylation sites (N-methyl/N-ethyl adjacent to an activating group) is 1. The Labute approximate surface area is 189 Å². The Kier molecular flexibility index (Phi) is 5.64. The van der Waals surface area contributed by atoms with Gasteiger partial charge in [-0.05, 0) is 49.4 Å². The van der Waals surface area contributed by atoms with Gasteiger partial charge in [-0.1, -0.05) is 18.2 Å². The molecule has 2 aliphatic rings. The van der Waals surface area contributed by atoms with Gasteiger partial charge in [0.1, 0.15) is 5.75 Å². The fourth-order valence-corrected chi connectivity index (χ4v) is 4.39. The molecule has 0 radical (unpaired) electrons. The van der Waals surface area contributed by atoms with Gasteiger partial charge in [0.15, 0.2) is 0 Å². The van der Waals surface area contributed by atoms with Crippen LogP contribution in [0.25, 0.3) is 5.70 Å². The Morgan fingerprint density at radius 1 is 1.00 bits per heavy atom. The first-order chi connectivity index (χ1) is 15.5. The molecule has 0 aliphatic carbocycles. The Morgan fingerprint density at radius 3 is 2.53 bits per heavy atom. The second-order valence-corrected chi connectivity index (χ2v) is 8.91. The monoisotopic (exact) mass is 429 g/mol. The Hall–Kier alpha value is -3.22. The molecule has 6 nitrogen and oxygen atoms in total. The van der Waals surface area contributed by atoms with Crippen molar-refractivity contribution in [2.75, 3.05) is 43.4 Å². The number of nitrogens with zero attached hydrogens (tertiary/aromatic N) is 3. The Bertz CT molecular complexity index is 1110. The molecule has 0 saturated carbocycles. The highest BCUT2D eigenvalue weighted by molar-refractivity contribution is 5.82. The van der Waals surface area contributed by atoms with E-state index in [0.29, 0.717) is 5.75 Å². The van der Waals surface area contributed by atoms with E-state index in [0.717, 1.165) is 61.8 Å². The molecule has 2 aromatic carbocycles. The molecule has 3 aromatic rings. The fourth-order valence-electron chi connectivity index (χ4n) is 4.39. The van der Waals surface area contributed by atoms with Crippen molar-refractivity contribution in [3.63, 3.8) is 0 Å². The number of aromatic hydroxyl groups is 1. The van der Waals surface area contributed by atoms with E-state index < -0.39 is 0 Å². The summed E-state index contributed by atoms with van der Waals surface area (Å²) in [5, 5.41) is 13.6. The van der Waals surface area contributed by atoms with Crippen molar-refractivity contribution in [1.29, 1.82) is 0 Å². The quantitative estimate of drug-likeness (QED) is 0.567. The lowest BCUT2D eigenvalue weighted by Crippen LogP contribution is -2.43. The zero-order valence-corrected chi connectivity index (χ0v) is 18.8. The van der Waals surface area contributed by atoms with Gasteiger partial charge in [0.25, 0.3) is 0 Å². The zero-order valence-electron chi connectivity index (χ0n) is 18.8. The minimum atomic E-state index is 0.300. The van der Waals surface area contributed by atoms with Crippen molar-refractivity contribution >= 4 is 17.1 Å². The normalized spacial score (nSPS) is 17.2. The molecule has 0 spiro atoms. The van der Waals surface area contributed by atoms with E-state index in [1.54, 1.807) is 6.07 Å². The summed E-state index contributed by atoms with van der Waals surface area (Å²) >= 11 is 0. The second-order valence-electron chi connectivity index (χ2n) is 8.91. The molecule has 0 atom stereocenters. The van der Waals surface area contributed by atoms with Crippen LogP contribution < -0.4 is 10.2 Å². The van der Waals surface area contributed by atoms with Crippen LogP contribution in [0.15, 0.2) is 60.9 Å². The number of phenolic OH excluding ortho intramolecular Hbond substituents is 1. The predicted molar refractivity (Wildman–Crippen MR) is 131 cm³/mol. The van der Waals surface area contributed by atoms with Crippen molar-refractivity contribution in [1.82, 2.24) is 14.8 Å². The standard InChI is InChI=1S/C26H31N5O/c1-19-3-6-21(15-26(19)32)28-25-18-31(17-24-23(25)9-10-27-24)22-7-4-20(5-8-22)16-30-13-11-29(2)12-14-30/h3-10,15,18,27-28,32H,11-14,16-17H2,1-2H3. The third-order valence-corrected chi connectivity index (χ3v) is 6.49. The van der Waals surface area contributed by atoms with E-state index in [2.05, 4.69) is 68.6 Å². The summed E-state index contributed by atoms with van der Waals surface area (Å²) < 4.78 is 0. The summed E-state index contributed by atoms with van der Waals surface area (Å²) in [6, 6.07) is 16.7. The molecule has 1 saturated heterocycles. The van der Waals surface area contributed by atoms with Crippen LogP contribution >= 0.6 is 0 Å². The number of phenols is 1. The van der Waals surface area contributed by atoms with Crippen LogP contribution in [0, 0.1) is 6.92 Å². The third-order valence-electron chi connectivity index (χ3n) is 6.49. The molecule has 6 heteroatoms. The molecule has 3 N–H and O–H groups in total. The summed E-state index contributed by atoms with van der Waals surface area (Å²) in [5.41, 5.74) is 7.61. The van der Waals surface area contributed by atoms with E-state index in [1.807, 2.05) is 25.3 Å². The molecule has 32 heavy (non-hydrogen) atoms. The van der Waals surface area contributed by atoms with Crippen LogP contribution in [0.3, 0.4) is 0 Å². The first-order valence-electron chi connectivity index (χ1n) is 11.3. The van der Waals surface area contributed by atoms with Crippen molar-refractivity contribution in [2.45, 2.75) is 20.0 Å². The third kappa shape index (κ3) is 4.38. The minimum absolute atomic E-state index is 0.300. The van der Waals surface area contributed by atoms with Crippen LogP contribution in [-0.2, 0) is 13.1 Å². The number of rotatable bonds is 5. The highest BCUT2D eigenvalue weighted by atomic mass is 16.3. The number of anilines is 2. The topological polar surface area (TPSA) is 57.8 Å². The molecule has 1 aromatic heterocycles. The maximum atomic E-state index is 10.1. The number of nitrogens with one attached hydrogen (secondary N) is 2. The second kappa shape index (κ2) is 8.73. The van der Waals surface area contributed by atoms with Crippen LogP contribution in [0.2, 0.25) is 0 Å². The highest BCUT2D eigenvalue weighted by Gasteiger charge is 2.20. The fraction of sp³-hybridized carbons (Fsp3) is 0.308. The van der Waals surface area contributed by atoms with E-state index >= 15 is 0 Å². The maximum absolute atomic E-state index is 10.1. The lowest BCUT2D eigenvalue weighted by atomic mass is 10.1. The average molecular weight is 430 g/mol. The summed E-state index contributed by atoms with van der Waals surface area (Å²) in [6.45, 7) is 8.25. The number of aromatic nitrogens is 1. The molecule has 5 rings (SSSR count). The van der Waals surface area contributed by atoms with Crippen molar-refractivity contribution in [2.24, 2.45) is 0 Å². The molecule has 3 heterocycles. The SMILES string of the molecule is Cc1ccc(NC2=CN(c3ccc(CN4CCN(C)CC4)cc3)Cc3[nH]ccc32)cc1O. The molecule has 0 bridgehead atoms. The van der Waals surface area contributed by atoms with Gasteiger partial charge in [-0.3, -0.25) is 4.90 Å². The summed E-state index contributed by atoms with van der Waals surface area (Å²) in [4.78, 5) is 10.6. The average Bonchev–Trinajstić information content (AvgIpc) is 3.27. The largest absolute Gasteiger partial charge is 0.508 e. The predicted octanol–water partition coefficient (Wildman–Crippen LogP) is 4.21. The summed E-state index contributed by atoms with van der Waals surface area (Å²) in [5.74, 6) is 0.300. The first-order valence-corrected chi connectivity index (χ1v) is 11.3. The van der Waals surface area contributed by atoms with Gasteiger partial charge in [0.05, 0.1) is 12.2 Å².